The van der Waals surface area contributed by atoms with Gasteiger partial charge in [-0.2, -0.15) is 0 Å². The van der Waals surface area contributed by atoms with Crippen molar-refractivity contribution in [2.75, 3.05) is 11.9 Å². The highest BCUT2D eigenvalue weighted by molar-refractivity contribution is 6.31. The Balaban J connectivity index is 1.79. The van der Waals surface area contributed by atoms with Gasteiger partial charge in [0.05, 0.1) is 12.2 Å². The molecule has 0 amide bonds. The zero-order chi connectivity index (χ0) is 24.1. The van der Waals surface area contributed by atoms with Crippen LogP contribution in [0.3, 0.4) is 0 Å². The van der Waals surface area contributed by atoms with E-state index in [1.54, 1.807) is 25.3 Å². The number of hydrogen-bond acceptors (Lipinski definition) is 5. The molecule has 2 aromatic carbocycles. The number of esters is 1. The number of benzene rings is 2. The van der Waals surface area contributed by atoms with Crippen LogP contribution in [0.1, 0.15) is 54.1 Å². The zero-order valence-corrected chi connectivity index (χ0v) is 19.9. The Morgan fingerprint density at radius 1 is 1.09 bits per heavy atom. The van der Waals surface area contributed by atoms with Crippen LogP contribution in [0.2, 0.25) is 5.02 Å². The van der Waals surface area contributed by atoms with Crippen molar-refractivity contribution in [1.82, 2.24) is 9.78 Å². The van der Waals surface area contributed by atoms with Crippen LogP contribution >= 0.6 is 11.6 Å². The summed E-state index contributed by atoms with van der Waals surface area (Å²) in [6, 6.07) is 17.0. The molecular weight excluding hydrogens is 450 g/mol. The normalized spacial score (nSPS) is 15.2. The minimum atomic E-state index is -0.509. The number of rotatable bonds is 7. The lowest BCUT2D eigenvalue weighted by atomic mass is 9.82. The predicted molar refractivity (Wildman–Crippen MR) is 134 cm³/mol. The van der Waals surface area contributed by atoms with E-state index in [0.29, 0.717) is 28.4 Å². The minimum absolute atomic E-state index is 0.256. The van der Waals surface area contributed by atoms with Crippen molar-refractivity contribution in [2.45, 2.75) is 32.6 Å². The van der Waals surface area contributed by atoms with E-state index in [0.717, 1.165) is 23.2 Å². The van der Waals surface area contributed by atoms with Crippen LogP contribution in [0.4, 0.5) is 5.82 Å². The Bertz CT molecular complexity index is 1260. The van der Waals surface area contributed by atoms with Gasteiger partial charge in [0.2, 0.25) is 0 Å². The topological polar surface area (TPSA) is 73.2 Å². The second-order valence-electron chi connectivity index (χ2n) is 7.90. The molecule has 1 aromatic heterocycles. The van der Waals surface area contributed by atoms with Gasteiger partial charge in [0, 0.05) is 34.5 Å². The number of aromatic nitrogens is 2. The highest BCUT2D eigenvalue weighted by atomic mass is 35.5. The molecule has 1 aliphatic rings. The van der Waals surface area contributed by atoms with Crippen LogP contribution in [0.15, 0.2) is 78.1 Å². The van der Waals surface area contributed by atoms with E-state index in [-0.39, 0.29) is 12.5 Å². The van der Waals surface area contributed by atoms with Crippen LogP contribution in [-0.4, -0.2) is 28.3 Å². The smallest absolute Gasteiger partial charge is 0.336 e. The molecule has 1 aliphatic heterocycles. The van der Waals surface area contributed by atoms with Gasteiger partial charge in [0.25, 0.3) is 5.91 Å². The van der Waals surface area contributed by atoms with Gasteiger partial charge in [-0.25, -0.2) is 9.48 Å². The van der Waals surface area contributed by atoms with Crippen LogP contribution < -0.4 is 5.32 Å². The van der Waals surface area contributed by atoms with Crippen molar-refractivity contribution in [1.29, 1.82) is 0 Å². The fraction of sp³-hybridized carbons (Fsp3) is 0.222. The largest absolute Gasteiger partial charge is 0.463 e. The van der Waals surface area contributed by atoms with Crippen LogP contribution in [0.5, 0.6) is 0 Å². The second kappa shape index (κ2) is 10.5. The summed E-state index contributed by atoms with van der Waals surface area (Å²) in [5, 5.41) is 8.33. The van der Waals surface area contributed by atoms with E-state index in [4.69, 9.17) is 16.3 Å². The van der Waals surface area contributed by atoms with Crippen LogP contribution in [0, 0.1) is 0 Å². The summed E-state index contributed by atoms with van der Waals surface area (Å²) in [5.74, 6) is -0.683. The highest BCUT2D eigenvalue weighted by Crippen LogP contribution is 2.44. The van der Waals surface area contributed by atoms with E-state index in [9.17, 15) is 9.59 Å². The summed E-state index contributed by atoms with van der Waals surface area (Å²) in [7, 11) is 0. The molecule has 34 heavy (non-hydrogen) atoms. The van der Waals surface area contributed by atoms with Gasteiger partial charge in [0.15, 0.2) is 5.82 Å². The average Bonchev–Trinajstić information content (AvgIpc) is 3.27. The molecule has 4 rings (SSSR count). The first-order valence-electron chi connectivity index (χ1n) is 11.3. The molecule has 3 aromatic rings. The first kappa shape index (κ1) is 23.5. The third-order valence-corrected chi connectivity index (χ3v) is 5.94. The Kier molecular flexibility index (Phi) is 7.28. The number of nitrogens with one attached hydrogen (secondary N) is 1. The first-order chi connectivity index (χ1) is 16.5. The monoisotopic (exact) mass is 475 g/mol. The fourth-order valence-corrected chi connectivity index (χ4v) is 4.33. The number of nitrogens with zero attached hydrogens (tertiary/aromatic N) is 2. The molecule has 0 bridgehead atoms. The maximum atomic E-state index is 13.1. The number of ether oxygens (including phenoxy) is 1. The molecule has 0 saturated carbocycles. The maximum Gasteiger partial charge on any atom is 0.336 e. The van der Waals surface area contributed by atoms with Gasteiger partial charge in [0.1, 0.15) is 0 Å². The van der Waals surface area contributed by atoms with E-state index >= 15 is 0 Å². The third kappa shape index (κ3) is 4.82. The Hall–Kier alpha value is -3.64. The number of hydrogen-bond donors (Lipinski definition) is 1. The van der Waals surface area contributed by atoms with Crippen molar-refractivity contribution in [3.63, 3.8) is 0 Å². The fourth-order valence-electron chi connectivity index (χ4n) is 4.09. The number of carbonyl (C=O) groups excluding carboxylic acids is 2. The van der Waals surface area contributed by atoms with E-state index in [1.807, 2.05) is 55.5 Å². The van der Waals surface area contributed by atoms with Gasteiger partial charge in [-0.15, -0.1) is 5.10 Å². The van der Waals surface area contributed by atoms with Crippen molar-refractivity contribution in [2.24, 2.45) is 0 Å². The molecule has 0 saturated heterocycles. The number of allylic oxidation sites excluding steroid dienone is 2. The molecule has 0 spiro atoms. The summed E-state index contributed by atoms with van der Waals surface area (Å²) in [5.41, 5.74) is 3.59. The molecule has 6 nitrogen and oxygen atoms in total. The van der Waals surface area contributed by atoms with Gasteiger partial charge < -0.3 is 10.1 Å². The average molecular weight is 476 g/mol. The summed E-state index contributed by atoms with van der Waals surface area (Å²) < 4.78 is 6.71. The van der Waals surface area contributed by atoms with Crippen molar-refractivity contribution >= 4 is 35.4 Å². The molecule has 174 valence electrons. The van der Waals surface area contributed by atoms with Crippen molar-refractivity contribution < 1.29 is 14.3 Å². The van der Waals surface area contributed by atoms with Gasteiger partial charge in [-0.3, -0.25) is 4.79 Å². The molecule has 2 heterocycles. The van der Waals surface area contributed by atoms with E-state index in [2.05, 4.69) is 10.4 Å². The molecule has 1 unspecified atom stereocenters. The zero-order valence-electron chi connectivity index (χ0n) is 19.1. The van der Waals surface area contributed by atoms with E-state index in [1.165, 1.54) is 10.8 Å². The summed E-state index contributed by atoms with van der Waals surface area (Å²) in [6.45, 7) is 4.07. The lowest BCUT2D eigenvalue weighted by Crippen LogP contribution is -2.25. The van der Waals surface area contributed by atoms with Crippen LogP contribution in [0.25, 0.3) is 6.08 Å². The molecular formula is C27H26ClN3O3. The summed E-state index contributed by atoms with van der Waals surface area (Å²) in [4.78, 5) is 26.0. The SMILES string of the molecule is CCCC1=C(C(=O)OCC)C(c2ccccc2Cl)c2cn(C(=O)/C=C/c3ccccc3)nc2N1. The number of fused-ring (bicyclic) bond motifs is 1. The van der Waals surface area contributed by atoms with Gasteiger partial charge in [-0.1, -0.05) is 73.5 Å². The first-order valence-corrected chi connectivity index (χ1v) is 11.7. The lowest BCUT2D eigenvalue weighted by Gasteiger charge is -2.28. The van der Waals surface area contributed by atoms with Crippen molar-refractivity contribution in [3.05, 3.63) is 99.9 Å². The predicted octanol–water partition coefficient (Wildman–Crippen LogP) is 6.06. The second-order valence-corrected chi connectivity index (χ2v) is 8.31. The van der Waals surface area contributed by atoms with E-state index < -0.39 is 11.9 Å². The standard InChI is InChI=1S/C27H26ClN3O3/c1-3-10-22-25(27(33)34-4-2)24(19-13-8-9-14-21(19)28)20-17-31(30-26(20)29-22)23(32)16-15-18-11-6-5-7-12-18/h5-9,11-17,24H,3-4,10H2,1-2H3,(H,29,30)/b16-15+. The van der Waals surface area contributed by atoms with Crippen LogP contribution in [-0.2, 0) is 9.53 Å². The molecule has 1 atom stereocenters. The molecule has 0 fully saturated rings. The Labute approximate surface area is 203 Å². The summed E-state index contributed by atoms with van der Waals surface area (Å²) in [6.07, 6.45) is 6.33. The van der Waals surface area contributed by atoms with Crippen molar-refractivity contribution in [3.8, 4) is 0 Å². The number of carbonyl (C=O) groups is 2. The molecule has 7 heteroatoms. The summed E-state index contributed by atoms with van der Waals surface area (Å²) >= 11 is 6.58. The van der Waals surface area contributed by atoms with Gasteiger partial charge >= 0.3 is 5.97 Å². The molecule has 0 aliphatic carbocycles. The molecule has 1 N–H and O–H groups in total. The quantitative estimate of drug-likeness (QED) is 0.332. The molecule has 0 radical (unpaired) electrons. The van der Waals surface area contributed by atoms with Gasteiger partial charge in [-0.05, 0) is 36.6 Å². The number of halogens is 1. The number of anilines is 1. The third-order valence-electron chi connectivity index (χ3n) is 5.59. The Morgan fingerprint density at radius 3 is 2.53 bits per heavy atom. The highest BCUT2D eigenvalue weighted by Gasteiger charge is 2.37. The maximum absolute atomic E-state index is 13.1. The lowest BCUT2D eigenvalue weighted by molar-refractivity contribution is -0.138. The minimum Gasteiger partial charge on any atom is -0.463 e. The Morgan fingerprint density at radius 2 is 1.82 bits per heavy atom.